The molecule has 1 aromatic carbocycles. The molecule has 1 unspecified atom stereocenters. The molecule has 1 aliphatic carbocycles. The molecule has 0 bridgehead atoms. The van der Waals surface area contributed by atoms with Crippen molar-refractivity contribution in [1.29, 1.82) is 0 Å². The maximum atomic E-state index is 13.0. The number of hydrogen-bond acceptors (Lipinski definition) is 4. The summed E-state index contributed by atoms with van der Waals surface area (Å²) in [5.41, 5.74) is 1.46. The van der Waals surface area contributed by atoms with Crippen LogP contribution in [0.15, 0.2) is 24.3 Å². The van der Waals surface area contributed by atoms with Crippen LogP contribution < -0.4 is 4.74 Å². The number of hydrogen-bond donors (Lipinski definition) is 0. The minimum atomic E-state index is 0.137. The highest BCUT2D eigenvalue weighted by Crippen LogP contribution is 2.32. The average molecular weight is 386 g/mol. The van der Waals surface area contributed by atoms with E-state index in [9.17, 15) is 4.79 Å². The molecule has 5 heteroatoms. The molecule has 2 heterocycles. The summed E-state index contributed by atoms with van der Waals surface area (Å²) in [6.45, 7) is 10.5. The molecule has 0 aromatic heterocycles. The van der Waals surface area contributed by atoms with E-state index in [2.05, 4.69) is 40.7 Å². The van der Waals surface area contributed by atoms with Gasteiger partial charge in [0, 0.05) is 56.8 Å². The van der Waals surface area contributed by atoms with Gasteiger partial charge in [-0.25, -0.2) is 0 Å². The predicted octanol–water partition coefficient (Wildman–Crippen LogP) is 2.99. The van der Waals surface area contributed by atoms with Gasteiger partial charge in [0.15, 0.2) is 0 Å². The van der Waals surface area contributed by atoms with E-state index in [0.29, 0.717) is 17.9 Å². The molecule has 0 N–H and O–H groups in total. The number of fused-ring (bicyclic) bond motifs is 1. The largest absolute Gasteiger partial charge is 0.497 e. The summed E-state index contributed by atoms with van der Waals surface area (Å²) in [5, 5.41) is 0. The smallest absolute Gasteiger partial charge is 0.225 e. The first kappa shape index (κ1) is 19.7. The first-order valence-electron chi connectivity index (χ1n) is 10.9. The topological polar surface area (TPSA) is 36.0 Å². The van der Waals surface area contributed by atoms with Gasteiger partial charge in [-0.3, -0.25) is 14.6 Å². The Labute approximate surface area is 169 Å². The van der Waals surface area contributed by atoms with E-state index in [1.165, 1.54) is 18.4 Å². The number of amides is 1. The van der Waals surface area contributed by atoms with Crippen molar-refractivity contribution >= 4 is 5.91 Å². The molecule has 154 valence electrons. The quantitative estimate of drug-likeness (QED) is 0.798. The highest BCUT2D eigenvalue weighted by Gasteiger charge is 2.43. The molecule has 3 fully saturated rings. The van der Waals surface area contributed by atoms with Crippen molar-refractivity contribution in [1.82, 2.24) is 14.7 Å². The van der Waals surface area contributed by atoms with Gasteiger partial charge in [-0.2, -0.15) is 0 Å². The van der Waals surface area contributed by atoms with E-state index in [-0.39, 0.29) is 5.54 Å². The lowest BCUT2D eigenvalue weighted by molar-refractivity contribution is -0.143. The van der Waals surface area contributed by atoms with Crippen LogP contribution in [-0.2, 0) is 11.3 Å². The highest BCUT2D eigenvalue weighted by atomic mass is 16.5. The second kappa shape index (κ2) is 8.03. The number of carbonyl (C=O) groups excluding carboxylic acids is 1. The van der Waals surface area contributed by atoms with Crippen LogP contribution in [0.2, 0.25) is 0 Å². The van der Waals surface area contributed by atoms with E-state index in [1.54, 1.807) is 7.11 Å². The van der Waals surface area contributed by atoms with Crippen LogP contribution in [0.4, 0.5) is 0 Å². The number of methoxy groups -OCH3 is 1. The molecule has 1 amide bonds. The zero-order valence-electron chi connectivity index (χ0n) is 17.7. The van der Waals surface area contributed by atoms with Crippen molar-refractivity contribution in [3.63, 3.8) is 0 Å². The van der Waals surface area contributed by atoms with Gasteiger partial charge < -0.3 is 9.64 Å². The van der Waals surface area contributed by atoms with Crippen molar-refractivity contribution in [2.75, 3.05) is 39.8 Å². The molecule has 3 aliphatic rings. The van der Waals surface area contributed by atoms with Crippen molar-refractivity contribution in [3.8, 4) is 5.75 Å². The predicted molar refractivity (Wildman–Crippen MR) is 111 cm³/mol. The summed E-state index contributed by atoms with van der Waals surface area (Å²) in [7, 11) is 1.71. The van der Waals surface area contributed by atoms with E-state index < -0.39 is 0 Å². The van der Waals surface area contributed by atoms with Crippen LogP contribution in [0, 0.1) is 5.92 Å². The molecule has 2 aliphatic heterocycles. The summed E-state index contributed by atoms with van der Waals surface area (Å²) in [5.74, 6) is 1.61. The van der Waals surface area contributed by atoms with Crippen LogP contribution in [0.1, 0.15) is 45.1 Å². The first-order chi connectivity index (χ1) is 13.5. The zero-order valence-corrected chi connectivity index (χ0v) is 17.7. The van der Waals surface area contributed by atoms with Gasteiger partial charge >= 0.3 is 0 Å². The molecule has 2 saturated heterocycles. The summed E-state index contributed by atoms with van der Waals surface area (Å²) < 4.78 is 5.28. The SMILES string of the molecule is COc1ccc(CN2CC3CN(C(=O)C4CCCC4)CCN3C(C)(C)C2)cc1. The number of ether oxygens (including phenoxy) is 1. The fraction of sp³-hybridized carbons (Fsp3) is 0.696. The Hall–Kier alpha value is -1.59. The number of carbonyl (C=O) groups is 1. The van der Waals surface area contributed by atoms with Gasteiger partial charge in [0.25, 0.3) is 0 Å². The summed E-state index contributed by atoms with van der Waals surface area (Å²) in [6.07, 6.45) is 4.64. The van der Waals surface area contributed by atoms with Crippen LogP contribution in [0.3, 0.4) is 0 Å². The molecular weight excluding hydrogens is 350 g/mol. The Morgan fingerprint density at radius 2 is 1.82 bits per heavy atom. The monoisotopic (exact) mass is 385 g/mol. The second-order valence-electron chi connectivity index (χ2n) is 9.44. The van der Waals surface area contributed by atoms with Crippen molar-refractivity contribution in [3.05, 3.63) is 29.8 Å². The Morgan fingerprint density at radius 3 is 2.50 bits per heavy atom. The second-order valence-corrected chi connectivity index (χ2v) is 9.44. The molecular formula is C23H35N3O2. The summed E-state index contributed by atoms with van der Waals surface area (Å²) in [6, 6.07) is 8.84. The third kappa shape index (κ3) is 4.06. The van der Waals surface area contributed by atoms with E-state index in [0.717, 1.165) is 57.9 Å². The Morgan fingerprint density at radius 1 is 1.11 bits per heavy atom. The lowest BCUT2D eigenvalue weighted by Crippen LogP contribution is -2.70. The molecule has 28 heavy (non-hydrogen) atoms. The zero-order chi connectivity index (χ0) is 19.7. The van der Waals surface area contributed by atoms with E-state index in [4.69, 9.17) is 4.74 Å². The highest BCUT2D eigenvalue weighted by molar-refractivity contribution is 5.79. The molecule has 0 radical (unpaired) electrons. The Kier molecular flexibility index (Phi) is 5.66. The third-order valence-corrected chi connectivity index (χ3v) is 6.92. The Balaban J connectivity index is 1.42. The van der Waals surface area contributed by atoms with Crippen LogP contribution in [0.25, 0.3) is 0 Å². The van der Waals surface area contributed by atoms with Gasteiger partial charge in [0.1, 0.15) is 5.75 Å². The molecule has 1 saturated carbocycles. The van der Waals surface area contributed by atoms with E-state index >= 15 is 0 Å². The fourth-order valence-electron chi connectivity index (χ4n) is 5.55. The molecule has 5 nitrogen and oxygen atoms in total. The number of benzene rings is 1. The molecule has 1 aromatic rings. The summed E-state index contributed by atoms with van der Waals surface area (Å²) >= 11 is 0. The van der Waals surface area contributed by atoms with Crippen molar-refractivity contribution in [2.24, 2.45) is 5.92 Å². The maximum Gasteiger partial charge on any atom is 0.225 e. The Bertz CT molecular complexity index is 682. The van der Waals surface area contributed by atoms with Gasteiger partial charge in [0.2, 0.25) is 5.91 Å². The minimum absolute atomic E-state index is 0.137. The van der Waals surface area contributed by atoms with Crippen LogP contribution >= 0.6 is 0 Å². The van der Waals surface area contributed by atoms with Gasteiger partial charge in [-0.1, -0.05) is 25.0 Å². The van der Waals surface area contributed by atoms with Crippen molar-refractivity contribution < 1.29 is 9.53 Å². The first-order valence-corrected chi connectivity index (χ1v) is 10.9. The number of rotatable bonds is 4. The van der Waals surface area contributed by atoms with E-state index in [1.807, 2.05) is 12.1 Å². The van der Waals surface area contributed by atoms with Gasteiger partial charge in [-0.05, 0) is 44.4 Å². The van der Waals surface area contributed by atoms with Crippen LogP contribution in [0.5, 0.6) is 5.75 Å². The van der Waals surface area contributed by atoms with Gasteiger partial charge in [-0.15, -0.1) is 0 Å². The number of piperazine rings is 2. The summed E-state index contributed by atoms with van der Waals surface area (Å²) in [4.78, 5) is 20.3. The minimum Gasteiger partial charge on any atom is -0.497 e. The van der Waals surface area contributed by atoms with Crippen LogP contribution in [-0.4, -0.2) is 72.0 Å². The third-order valence-electron chi connectivity index (χ3n) is 6.92. The van der Waals surface area contributed by atoms with Gasteiger partial charge in [0.05, 0.1) is 7.11 Å². The maximum absolute atomic E-state index is 13.0. The lowest BCUT2D eigenvalue weighted by Gasteiger charge is -2.55. The molecule has 1 atom stereocenters. The molecule has 4 rings (SSSR count). The lowest BCUT2D eigenvalue weighted by atomic mass is 9.92. The fourth-order valence-corrected chi connectivity index (χ4v) is 5.55. The molecule has 0 spiro atoms. The van der Waals surface area contributed by atoms with Crippen molar-refractivity contribution in [2.45, 2.75) is 57.7 Å². The number of nitrogens with zero attached hydrogens (tertiary/aromatic N) is 3. The standard InChI is InChI=1S/C23H35N3O2/c1-23(2)17-24(14-18-8-10-21(28-3)11-9-18)15-20-16-25(12-13-26(20)23)22(27)19-6-4-5-7-19/h8-11,19-20H,4-7,12-17H2,1-3H3. The average Bonchev–Trinajstić information content (AvgIpc) is 3.22. The normalized spacial score (nSPS) is 26.2.